The average molecular weight is 437 g/mol. The maximum atomic E-state index is 12.7. The molecular formula is C18H20N4O5S2. The van der Waals surface area contributed by atoms with Gasteiger partial charge in [-0.15, -0.1) is 0 Å². The second-order valence-electron chi connectivity index (χ2n) is 6.76. The summed E-state index contributed by atoms with van der Waals surface area (Å²) in [5, 5.41) is -0.240. The van der Waals surface area contributed by atoms with Crippen LogP contribution in [0.2, 0.25) is 0 Å². The predicted octanol–water partition coefficient (Wildman–Crippen LogP) is 1.61. The number of ketones is 1. The van der Waals surface area contributed by atoms with Crippen LogP contribution in [0.3, 0.4) is 0 Å². The van der Waals surface area contributed by atoms with Gasteiger partial charge in [-0.2, -0.15) is 9.36 Å². The summed E-state index contributed by atoms with van der Waals surface area (Å²) >= 11 is 0.790. The number of nitrogens with two attached hydrogens (primary N) is 1. The van der Waals surface area contributed by atoms with Crippen molar-refractivity contribution in [2.75, 3.05) is 18.1 Å². The van der Waals surface area contributed by atoms with E-state index in [0.717, 1.165) is 11.5 Å². The Morgan fingerprint density at radius 3 is 2.69 bits per heavy atom. The normalized spacial score (nSPS) is 16.1. The number of nitrogens with zero attached hydrogens (tertiary/aromatic N) is 3. The van der Waals surface area contributed by atoms with E-state index in [1.165, 1.54) is 28.7 Å². The molecule has 154 valence electrons. The highest BCUT2D eigenvalue weighted by Crippen LogP contribution is 2.24. The van der Waals surface area contributed by atoms with Crippen LogP contribution in [0.5, 0.6) is 0 Å². The van der Waals surface area contributed by atoms with E-state index >= 15 is 0 Å². The van der Waals surface area contributed by atoms with Gasteiger partial charge < -0.3 is 10.5 Å². The van der Waals surface area contributed by atoms with Gasteiger partial charge in [0.25, 0.3) is 5.56 Å². The molecule has 2 N–H and O–H groups in total. The van der Waals surface area contributed by atoms with E-state index in [1.807, 2.05) is 0 Å². The van der Waals surface area contributed by atoms with Gasteiger partial charge in [-0.05, 0) is 36.6 Å². The van der Waals surface area contributed by atoms with E-state index in [0.29, 0.717) is 12.2 Å². The Kier molecular flexibility index (Phi) is 5.71. The number of anilines is 1. The molecule has 1 aliphatic carbocycles. The van der Waals surface area contributed by atoms with Crippen molar-refractivity contribution in [1.82, 2.24) is 13.8 Å². The van der Waals surface area contributed by atoms with E-state index < -0.39 is 15.4 Å². The minimum Gasteiger partial charge on any atom is -0.490 e. The number of rotatable bonds is 6. The van der Waals surface area contributed by atoms with E-state index in [-0.39, 0.29) is 44.7 Å². The number of fused-ring (bicyclic) bond motifs is 1. The highest BCUT2D eigenvalue weighted by atomic mass is 32.2. The zero-order chi connectivity index (χ0) is 21.3. The second kappa shape index (κ2) is 7.91. The zero-order valence-corrected chi connectivity index (χ0v) is 17.7. The van der Waals surface area contributed by atoms with Crippen LogP contribution in [-0.2, 0) is 19.4 Å². The fourth-order valence-electron chi connectivity index (χ4n) is 2.79. The first-order valence-electron chi connectivity index (χ1n) is 8.83. The lowest BCUT2D eigenvalue weighted by Crippen LogP contribution is -2.20. The topological polar surface area (TPSA) is 134 Å². The lowest BCUT2D eigenvalue weighted by Gasteiger charge is -2.11. The number of nitrogen functional groups attached to an aromatic ring is 1. The largest absolute Gasteiger partial charge is 0.490 e. The molecule has 0 amide bonds. The molecule has 11 heteroatoms. The molecule has 2 aromatic rings. The monoisotopic (exact) mass is 436 g/mol. The van der Waals surface area contributed by atoms with E-state index in [2.05, 4.69) is 9.36 Å². The highest BCUT2D eigenvalue weighted by molar-refractivity contribution is 7.91. The highest BCUT2D eigenvalue weighted by Gasteiger charge is 2.26. The van der Waals surface area contributed by atoms with Crippen LogP contribution < -0.4 is 11.3 Å². The molecule has 0 bridgehead atoms. The Labute approximate surface area is 171 Å². The van der Waals surface area contributed by atoms with Crippen LogP contribution in [0.15, 0.2) is 39.5 Å². The summed E-state index contributed by atoms with van der Waals surface area (Å²) in [6.07, 6.45) is 5.76. The lowest BCUT2D eigenvalue weighted by atomic mass is 10.0. The van der Waals surface area contributed by atoms with Gasteiger partial charge in [0.2, 0.25) is 25.7 Å². The van der Waals surface area contributed by atoms with Gasteiger partial charge >= 0.3 is 0 Å². The molecule has 2 aromatic heterocycles. The van der Waals surface area contributed by atoms with E-state index in [1.54, 1.807) is 20.8 Å². The minimum atomic E-state index is -3.72. The fourth-order valence-corrected chi connectivity index (χ4v) is 5.54. The van der Waals surface area contributed by atoms with Crippen molar-refractivity contribution in [2.45, 2.75) is 25.9 Å². The standard InChI is InChI=1S/C18H20N4O5S2/c1-4-27-14-8-11(5-6-13(14)23)7-12-15(19)22-17(20-16(12)24)28-21-18(22)29(25,26)9-10(2)3/h5-8,10H,4,9,19H2,1-3H3/b11-7-. The summed E-state index contributed by atoms with van der Waals surface area (Å²) in [5.41, 5.74) is 6.04. The van der Waals surface area contributed by atoms with Crippen molar-refractivity contribution >= 4 is 44.0 Å². The SMILES string of the molecule is CCOC1=C/C(=C\c2c(N)n3c(S(=O)(=O)CC(C)C)nsc3nc2=O)C=CC1=O. The maximum Gasteiger partial charge on any atom is 0.283 e. The molecule has 3 rings (SSSR count). The van der Waals surface area contributed by atoms with Gasteiger partial charge in [-0.1, -0.05) is 19.9 Å². The van der Waals surface area contributed by atoms with Crippen molar-refractivity contribution in [3.63, 3.8) is 0 Å². The van der Waals surface area contributed by atoms with Crippen LogP contribution in [0.1, 0.15) is 26.3 Å². The van der Waals surface area contributed by atoms with E-state index in [9.17, 15) is 18.0 Å². The molecule has 0 fully saturated rings. The Morgan fingerprint density at radius 1 is 1.31 bits per heavy atom. The van der Waals surface area contributed by atoms with Crippen LogP contribution in [0.25, 0.3) is 11.0 Å². The van der Waals surface area contributed by atoms with Crippen molar-refractivity contribution in [1.29, 1.82) is 0 Å². The molecule has 0 aliphatic heterocycles. The third-order valence-electron chi connectivity index (χ3n) is 3.94. The molecular weight excluding hydrogens is 416 g/mol. The third-order valence-corrected chi connectivity index (χ3v) is 6.69. The molecule has 0 radical (unpaired) electrons. The predicted molar refractivity (Wildman–Crippen MR) is 110 cm³/mol. The number of hydrogen-bond acceptors (Lipinski definition) is 9. The number of hydrogen-bond donors (Lipinski definition) is 1. The average Bonchev–Trinajstić information content (AvgIpc) is 3.05. The Morgan fingerprint density at radius 2 is 2.03 bits per heavy atom. The smallest absolute Gasteiger partial charge is 0.283 e. The van der Waals surface area contributed by atoms with Crippen LogP contribution in [-0.4, -0.2) is 40.3 Å². The van der Waals surface area contributed by atoms with Crippen molar-refractivity contribution < 1.29 is 17.9 Å². The van der Waals surface area contributed by atoms with Crippen LogP contribution in [0.4, 0.5) is 5.82 Å². The fraction of sp³-hybridized carbons (Fsp3) is 0.333. The first-order valence-corrected chi connectivity index (χ1v) is 11.3. The summed E-state index contributed by atoms with van der Waals surface area (Å²) in [5.74, 6) is -0.448. The Balaban J connectivity index is 2.18. The molecule has 0 unspecified atom stereocenters. The molecule has 0 spiro atoms. The quantitative estimate of drug-likeness (QED) is 0.722. The summed E-state index contributed by atoms with van der Waals surface area (Å²) in [6.45, 7) is 5.63. The molecule has 29 heavy (non-hydrogen) atoms. The summed E-state index contributed by atoms with van der Waals surface area (Å²) < 4.78 is 35.8. The number of carbonyl (C=O) groups excluding carboxylic acids is 1. The number of allylic oxidation sites excluding steroid dienone is 4. The maximum absolute atomic E-state index is 12.7. The third kappa shape index (κ3) is 4.15. The van der Waals surface area contributed by atoms with Gasteiger partial charge in [0.1, 0.15) is 5.82 Å². The van der Waals surface area contributed by atoms with Gasteiger partial charge in [-0.25, -0.2) is 12.8 Å². The Bertz CT molecular complexity index is 1230. The van der Waals surface area contributed by atoms with Gasteiger partial charge in [0.15, 0.2) is 5.76 Å². The van der Waals surface area contributed by atoms with Crippen LogP contribution >= 0.6 is 11.5 Å². The molecule has 0 atom stereocenters. The van der Waals surface area contributed by atoms with Crippen LogP contribution in [0, 0.1) is 5.92 Å². The summed E-state index contributed by atoms with van der Waals surface area (Å²) in [4.78, 5) is 28.3. The van der Waals surface area contributed by atoms with Gasteiger partial charge in [-0.3, -0.25) is 9.59 Å². The van der Waals surface area contributed by atoms with E-state index in [4.69, 9.17) is 10.5 Å². The number of ether oxygens (including phenoxy) is 1. The lowest BCUT2D eigenvalue weighted by molar-refractivity contribution is -0.114. The summed E-state index contributed by atoms with van der Waals surface area (Å²) in [7, 11) is -3.72. The molecule has 0 saturated carbocycles. The first kappa shape index (κ1) is 20.9. The molecule has 0 saturated heterocycles. The molecule has 0 aromatic carbocycles. The van der Waals surface area contributed by atoms with Gasteiger partial charge in [0.05, 0.1) is 17.9 Å². The van der Waals surface area contributed by atoms with Crippen molar-refractivity contribution in [3.05, 3.63) is 45.5 Å². The van der Waals surface area contributed by atoms with Gasteiger partial charge in [0, 0.05) is 11.5 Å². The molecule has 2 heterocycles. The second-order valence-corrected chi connectivity index (χ2v) is 9.42. The van der Waals surface area contributed by atoms with Crippen molar-refractivity contribution in [3.8, 4) is 0 Å². The molecule has 9 nitrogen and oxygen atoms in total. The first-order chi connectivity index (χ1) is 13.6. The zero-order valence-electron chi connectivity index (χ0n) is 16.1. The summed E-state index contributed by atoms with van der Waals surface area (Å²) in [6, 6.07) is 0. The molecule has 1 aliphatic rings. The van der Waals surface area contributed by atoms with Crippen molar-refractivity contribution in [2.24, 2.45) is 5.92 Å². The Hall–Kier alpha value is -2.79. The number of aromatic nitrogens is 3. The minimum absolute atomic E-state index is 0.00444. The number of carbonyl (C=O) groups is 1. The number of sulfone groups is 1.